The third-order valence-electron chi connectivity index (χ3n) is 2.22. The third kappa shape index (κ3) is 5.04. The van der Waals surface area contributed by atoms with Crippen molar-refractivity contribution in [1.82, 2.24) is 5.32 Å². The Morgan fingerprint density at radius 3 is 2.22 bits per heavy atom. The van der Waals surface area contributed by atoms with Crippen LogP contribution < -0.4 is 10.6 Å². The Morgan fingerprint density at radius 2 is 1.78 bits per heavy atom. The zero-order valence-corrected chi connectivity index (χ0v) is 11.7. The molecule has 3 nitrogen and oxygen atoms in total. The van der Waals surface area contributed by atoms with Crippen molar-refractivity contribution in [2.24, 2.45) is 4.99 Å². The Hall–Kier alpha value is -1.77. The first-order valence-electron chi connectivity index (χ1n) is 6.35. The summed E-state index contributed by atoms with van der Waals surface area (Å²) < 4.78 is 0. The van der Waals surface area contributed by atoms with Crippen LogP contribution in [0.1, 0.15) is 33.3 Å². The van der Waals surface area contributed by atoms with Gasteiger partial charge in [0.05, 0.1) is 0 Å². The number of aliphatic imine (C=N–C) groups is 1. The quantitative estimate of drug-likeness (QED) is 0.629. The second kappa shape index (κ2) is 6.84. The standard InChI is InChI=1S/C15H23N3/c1-6-13-7-9-14(10-8-13)18-15(16-11(2)3)17-12(4)5/h6-12H,1H2,2-5H3,(H2,16,17,18). The first kappa shape index (κ1) is 14.3. The summed E-state index contributed by atoms with van der Waals surface area (Å²) in [7, 11) is 0. The van der Waals surface area contributed by atoms with E-state index in [1.807, 2.05) is 30.3 Å². The van der Waals surface area contributed by atoms with Crippen molar-refractivity contribution in [3.8, 4) is 0 Å². The topological polar surface area (TPSA) is 36.4 Å². The smallest absolute Gasteiger partial charge is 0.196 e. The number of hydrogen-bond donors (Lipinski definition) is 2. The van der Waals surface area contributed by atoms with Crippen LogP contribution in [0.5, 0.6) is 0 Å². The Balaban J connectivity index is 2.78. The lowest BCUT2D eigenvalue weighted by Gasteiger charge is -2.16. The van der Waals surface area contributed by atoms with Crippen LogP contribution in [0.15, 0.2) is 35.8 Å². The van der Waals surface area contributed by atoms with Crippen molar-refractivity contribution in [2.75, 3.05) is 5.32 Å². The Morgan fingerprint density at radius 1 is 1.17 bits per heavy atom. The van der Waals surface area contributed by atoms with Crippen LogP contribution in [0.3, 0.4) is 0 Å². The van der Waals surface area contributed by atoms with Gasteiger partial charge in [-0.05, 0) is 45.4 Å². The van der Waals surface area contributed by atoms with E-state index < -0.39 is 0 Å². The summed E-state index contributed by atoms with van der Waals surface area (Å²) in [5.41, 5.74) is 2.13. The molecule has 0 heterocycles. The first-order valence-corrected chi connectivity index (χ1v) is 6.35. The maximum absolute atomic E-state index is 4.53. The average molecular weight is 245 g/mol. The molecule has 0 aliphatic rings. The van der Waals surface area contributed by atoms with Crippen LogP contribution >= 0.6 is 0 Å². The van der Waals surface area contributed by atoms with E-state index >= 15 is 0 Å². The Kier molecular flexibility index (Phi) is 5.43. The van der Waals surface area contributed by atoms with Crippen LogP contribution in [0.25, 0.3) is 6.08 Å². The lowest BCUT2D eigenvalue weighted by atomic mass is 10.2. The molecule has 0 bridgehead atoms. The summed E-state index contributed by atoms with van der Waals surface area (Å²) in [6, 6.07) is 8.70. The molecule has 0 atom stereocenters. The number of rotatable bonds is 4. The molecule has 1 aromatic rings. The van der Waals surface area contributed by atoms with Gasteiger partial charge in [0.1, 0.15) is 0 Å². The number of nitrogens with one attached hydrogen (secondary N) is 2. The highest BCUT2D eigenvalue weighted by Gasteiger charge is 2.03. The van der Waals surface area contributed by atoms with E-state index in [-0.39, 0.29) is 6.04 Å². The lowest BCUT2D eigenvalue weighted by molar-refractivity contribution is 0.717. The van der Waals surface area contributed by atoms with E-state index in [1.165, 1.54) is 0 Å². The SMILES string of the molecule is C=Cc1ccc(NC(=NC(C)C)NC(C)C)cc1. The normalized spacial score (nSPS) is 11.8. The van der Waals surface area contributed by atoms with Crippen molar-refractivity contribution in [3.05, 3.63) is 36.4 Å². The van der Waals surface area contributed by atoms with Crippen molar-refractivity contribution in [3.63, 3.8) is 0 Å². The lowest BCUT2D eigenvalue weighted by Crippen LogP contribution is -2.36. The van der Waals surface area contributed by atoms with Crippen LogP contribution in [0, 0.1) is 0 Å². The summed E-state index contributed by atoms with van der Waals surface area (Å²) in [6.45, 7) is 12.1. The van der Waals surface area contributed by atoms with E-state index in [2.05, 4.69) is 49.9 Å². The summed E-state index contributed by atoms with van der Waals surface area (Å²) in [6.07, 6.45) is 1.83. The largest absolute Gasteiger partial charge is 0.354 e. The summed E-state index contributed by atoms with van der Waals surface area (Å²) in [5.74, 6) is 0.811. The number of hydrogen-bond acceptors (Lipinski definition) is 1. The van der Waals surface area contributed by atoms with Gasteiger partial charge in [0.25, 0.3) is 0 Å². The fourth-order valence-corrected chi connectivity index (χ4v) is 1.48. The number of nitrogens with zero attached hydrogens (tertiary/aromatic N) is 1. The molecule has 2 N–H and O–H groups in total. The van der Waals surface area contributed by atoms with Gasteiger partial charge in [0.15, 0.2) is 5.96 Å². The molecule has 0 saturated heterocycles. The van der Waals surface area contributed by atoms with Crippen molar-refractivity contribution in [1.29, 1.82) is 0 Å². The minimum absolute atomic E-state index is 0.256. The van der Waals surface area contributed by atoms with Gasteiger partial charge in [-0.15, -0.1) is 0 Å². The van der Waals surface area contributed by atoms with Gasteiger partial charge in [-0.3, -0.25) is 4.99 Å². The minimum Gasteiger partial charge on any atom is -0.354 e. The zero-order valence-electron chi connectivity index (χ0n) is 11.7. The van der Waals surface area contributed by atoms with Crippen molar-refractivity contribution >= 4 is 17.7 Å². The average Bonchev–Trinajstić information content (AvgIpc) is 2.28. The van der Waals surface area contributed by atoms with Gasteiger partial charge in [-0.25, -0.2) is 0 Å². The highest BCUT2D eigenvalue weighted by atomic mass is 15.2. The van der Waals surface area contributed by atoms with E-state index in [4.69, 9.17) is 0 Å². The van der Waals surface area contributed by atoms with Crippen molar-refractivity contribution in [2.45, 2.75) is 39.8 Å². The highest BCUT2D eigenvalue weighted by molar-refractivity contribution is 5.93. The molecule has 0 spiro atoms. The summed E-state index contributed by atoms with van der Waals surface area (Å²) in [5, 5.41) is 6.60. The minimum atomic E-state index is 0.256. The maximum atomic E-state index is 4.53. The highest BCUT2D eigenvalue weighted by Crippen LogP contribution is 2.10. The van der Waals surface area contributed by atoms with E-state index in [9.17, 15) is 0 Å². The molecule has 0 amide bonds. The third-order valence-corrected chi connectivity index (χ3v) is 2.22. The van der Waals surface area contributed by atoms with Gasteiger partial charge in [0, 0.05) is 17.8 Å². The van der Waals surface area contributed by atoms with Crippen LogP contribution in [0.2, 0.25) is 0 Å². The fourth-order valence-electron chi connectivity index (χ4n) is 1.48. The molecule has 0 fully saturated rings. The molecule has 0 unspecified atom stereocenters. The second-order valence-corrected chi connectivity index (χ2v) is 4.82. The molecule has 1 rings (SSSR count). The molecule has 0 radical (unpaired) electrons. The Labute approximate surface area is 110 Å². The molecular weight excluding hydrogens is 222 g/mol. The van der Waals surface area contributed by atoms with Gasteiger partial charge in [0.2, 0.25) is 0 Å². The molecule has 1 aromatic carbocycles. The number of guanidine groups is 1. The number of benzene rings is 1. The zero-order chi connectivity index (χ0) is 13.5. The molecule has 98 valence electrons. The molecule has 18 heavy (non-hydrogen) atoms. The fraction of sp³-hybridized carbons (Fsp3) is 0.400. The molecule has 0 aliphatic carbocycles. The molecular formula is C15H23N3. The van der Waals surface area contributed by atoms with E-state index in [0.717, 1.165) is 17.2 Å². The van der Waals surface area contributed by atoms with E-state index in [0.29, 0.717) is 6.04 Å². The van der Waals surface area contributed by atoms with Gasteiger partial charge in [-0.1, -0.05) is 24.8 Å². The van der Waals surface area contributed by atoms with E-state index in [1.54, 1.807) is 0 Å². The van der Waals surface area contributed by atoms with Crippen LogP contribution in [0.4, 0.5) is 5.69 Å². The molecule has 0 aliphatic heterocycles. The Bertz CT molecular complexity index is 402. The summed E-state index contributed by atoms with van der Waals surface area (Å²) >= 11 is 0. The molecule has 3 heteroatoms. The predicted molar refractivity (Wildman–Crippen MR) is 81.0 cm³/mol. The second-order valence-electron chi connectivity index (χ2n) is 4.82. The molecule has 0 saturated carbocycles. The molecule has 0 aromatic heterocycles. The van der Waals surface area contributed by atoms with Gasteiger partial charge < -0.3 is 10.6 Å². The first-order chi connectivity index (χ1) is 8.51. The monoisotopic (exact) mass is 245 g/mol. The summed E-state index contributed by atoms with van der Waals surface area (Å²) in [4.78, 5) is 4.53. The van der Waals surface area contributed by atoms with Crippen LogP contribution in [-0.4, -0.2) is 18.0 Å². The van der Waals surface area contributed by atoms with Gasteiger partial charge in [-0.2, -0.15) is 0 Å². The maximum Gasteiger partial charge on any atom is 0.196 e. The van der Waals surface area contributed by atoms with Gasteiger partial charge >= 0.3 is 0 Å². The predicted octanol–water partition coefficient (Wildman–Crippen LogP) is 3.50. The number of anilines is 1. The van der Waals surface area contributed by atoms with Crippen LogP contribution in [-0.2, 0) is 0 Å². The van der Waals surface area contributed by atoms with Crippen molar-refractivity contribution < 1.29 is 0 Å².